The number of aryl methyl sites for hydroxylation is 1. The Kier molecular flexibility index (Phi) is 4.99. The number of carbonyl (C=O) groups excluding carboxylic acids is 2. The molecule has 1 heterocycles. The van der Waals surface area contributed by atoms with Gasteiger partial charge in [0.1, 0.15) is 5.82 Å². The van der Waals surface area contributed by atoms with Crippen molar-refractivity contribution in [2.75, 3.05) is 0 Å². The highest BCUT2D eigenvalue weighted by Crippen LogP contribution is 2.08. The number of carbonyl (C=O) groups is 2. The van der Waals surface area contributed by atoms with Crippen LogP contribution in [0.1, 0.15) is 39.6 Å². The van der Waals surface area contributed by atoms with Crippen molar-refractivity contribution >= 4 is 11.7 Å². The van der Waals surface area contributed by atoms with Crippen LogP contribution in [-0.2, 0) is 0 Å². The summed E-state index contributed by atoms with van der Waals surface area (Å²) in [5.41, 5.74) is 1.78. The van der Waals surface area contributed by atoms with Crippen LogP contribution in [0.4, 0.5) is 4.39 Å². The number of ketones is 1. The van der Waals surface area contributed by atoms with Crippen molar-refractivity contribution in [2.24, 2.45) is 0 Å². The Morgan fingerprint density at radius 3 is 2.50 bits per heavy atom. The second kappa shape index (κ2) is 6.93. The van der Waals surface area contributed by atoms with Crippen LogP contribution in [0, 0.1) is 12.7 Å². The molecule has 22 heavy (non-hydrogen) atoms. The van der Waals surface area contributed by atoms with Gasteiger partial charge in [-0.3, -0.25) is 14.6 Å². The molecule has 1 unspecified atom stereocenters. The first-order chi connectivity index (χ1) is 10.5. The highest BCUT2D eigenvalue weighted by atomic mass is 19.1. The van der Waals surface area contributed by atoms with Gasteiger partial charge in [-0.05, 0) is 49.7 Å². The smallest absolute Gasteiger partial charge is 0.253 e. The molecular weight excluding hydrogens is 283 g/mol. The molecule has 0 spiro atoms. The first-order valence-corrected chi connectivity index (χ1v) is 6.97. The lowest BCUT2D eigenvalue weighted by Gasteiger charge is -2.13. The van der Waals surface area contributed by atoms with Crippen molar-refractivity contribution in [3.63, 3.8) is 0 Å². The summed E-state index contributed by atoms with van der Waals surface area (Å²) in [5, 5.41) is 2.76. The summed E-state index contributed by atoms with van der Waals surface area (Å²) in [4.78, 5) is 28.1. The van der Waals surface area contributed by atoms with Crippen LogP contribution in [-0.4, -0.2) is 22.7 Å². The maximum Gasteiger partial charge on any atom is 0.253 e. The minimum absolute atomic E-state index is 0.143. The van der Waals surface area contributed by atoms with Crippen molar-refractivity contribution < 1.29 is 14.0 Å². The normalized spacial score (nSPS) is 11.8. The number of nitrogens with zero attached hydrogens (tertiary/aromatic N) is 1. The first-order valence-electron chi connectivity index (χ1n) is 6.97. The van der Waals surface area contributed by atoms with E-state index in [1.165, 1.54) is 30.5 Å². The van der Waals surface area contributed by atoms with Crippen LogP contribution in [0.15, 0.2) is 42.7 Å². The molecule has 1 atom stereocenters. The van der Waals surface area contributed by atoms with Gasteiger partial charge in [0.2, 0.25) is 0 Å². The third kappa shape index (κ3) is 4.22. The van der Waals surface area contributed by atoms with E-state index in [9.17, 15) is 14.0 Å². The Morgan fingerprint density at radius 1 is 1.18 bits per heavy atom. The number of benzene rings is 1. The summed E-state index contributed by atoms with van der Waals surface area (Å²) < 4.78 is 12.8. The summed E-state index contributed by atoms with van der Waals surface area (Å²) >= 11 is 0. The van der Waals surface area contributed by atoms with Crippen LogP contribution in [0.5, 0.6) is 0 Å². The zero-order valence-electron chi connectivity index (χ0n) is 12.5. The third-order valence-electron chi connectivity index (χ3n) is 3.17. The predicted octanol–water partition coefficient (Wildman–Crippen LogP) is 2.92. The number of aromatic nitrogens is 1. The largest absolute Gasteiger partial charge is 0.349 e. The number of amides is 1. The minimum atomic E-state index is -0.384. The predicted molar refractivity (Wildman–Crippen MR) is 81.2 cm³/mol. The standard InChI is InChI=1S/C17H17FN2O2/c1-11-7-14(10-19-9-11)17(22)20-12(2)8-16(21)13-3-5-15(18)6-4-13/h3-7,9-10,12H,8H2,1-2H3,(H,20,22). The van der Waals surface area contributed by atoms with Crippen molar-refractivity contribution in [3.05, 3.63) is 65.2 Å². The number of pyridine rings is 1. The Bertz CT molecular complexity index is 683. The number of hydrogen-bond donors (Lipinski definition) is 1. The maximum absolute atomic E-state index is 12.8. The Balaban J connectivity index is 1.95. The van der Waals surface area contributed by atoms with Gasteiger partial charge in [0, 0.05) is 30.4 Å². The van der Waals surface area contributed by atoms with Gasteiger partial charge in [-0.25, -0.2) is 4.39 Å². The maximum atomic E-state index is 12.8. The lowest BCUT2D eigenvalue weighted by atomic mass is 10.0. The molecule has 1 aromatic heterocycles. The lowest BCUT2D eigenvalue weighted by Crippen LogP contribution is -2.34. The molecule has 0 saturated heterocycles. The van der Waals surface area contributed by atoms with Crippen molar-refractivity contribution in [2.45, 2.75) is 26.3 Å². The van der Waals surface area contributed by atoms with Crippen molar-refractivity contribution in [1.82, 2.24) is 10.3 Å². The van der Waals surface area contributed by atoms with Gasteiger partial charge < -0.3 is 5.32 Å². The van der Waals surface area contributed by atoms with E-state index in [1.807, 2.05) is 6.92 Å². The van der Waals surface area contributed by atoms with Gasteiger partial charge >= 0.3 is 0 Å². The number of rotatable bonds is 5. The Morgan fingerprint density at radius 2 is 1.86 bits per heavy atom. The molecule has 0 aliphatic heterocycles. The van der Waals surface area contributed by atoms with E-state index >= 15 is 0 Å². The fourth-order valence-electron chi connectivity index (χ4n) is 2.07. The quantitative estimate of drug-likeness (QED) is 0.864. The molecule has 1 aromatic carbocycles. The van der Waals surface area contributed by atoms with Gasteiger partial charge in [0.25, 0.3) is 5.91 Å². The van der Waals surface area contributed by atoms with E-state index in [0.717, 1.165) is 5.56 Å². The van der Waals surface area contributed by atoms with Gasteiger partial charge in [0.05, 0.1) is 5.56 Å². The van der Waals surface area contributed by atoms with Crippen molar-refractivity contribution in [3.8, 4) is 0 Å². The molecule has 1 amide bonds. The Hall–Kier alpha value is -2.56. The Labute approximate surface area is 128 Å². The minimum Gasteiger partial charge on any atom is -0.349 e. The average molecular weight is 300 g/mol. The summed E-state index contributed by atoms with van der Waals surface area (Å²) in [6.07, 6.45) is 3.30. The van der Waals surface area contributed by atoms with Crippen molar-refractivity contribution in [1.29, 1.82) is 0 Å². The average Bonchev–Trinajstić information content (AvgIpc) is 2.47. The van der Waals surface area contributed by atoms with E-state index in [4.69, 9.17) is 0 Å². The number of hydrogen-bond acceptors (Lipinski definition) is 3. The number of halogens is 1. The number of Topliss-reactive ketones (excluding diaryl/α,β-unsaturated/α-hetero) is 1. The fraction of sp³-hybridized carbons (Fsp3) is 0.235. The lowest BCUT2D eigenvalue weighted by molar-refractivity contribution is 0.0918. The molecule has 114 valence electrons. The van der Waals surface area contributed by atoms with Gasteiger partial charge in [-0.1, -0.05) is 0 Å². The molecule has 0 bridgehead atoms. The van der Waals surface area contributed by atoms with Gasteiger partial charge in [-0.2, -0.15) is 0 Å². The zero-order valence-corrected chi connectivity index (χ0v) is 12.5. The molecule has 4 nitrogen and oxygen atoms in total. The topological polar surface area (TPSA) is 59.1 Å². The molecule has 0 aliphatic carbocycles. The summed E-state index contributed by atoms with van der Waals surface area (Å²) in [7, 11) is 0. The van der Waals surface area contributed by atoms with E-state index in [1.54, 1.807) is 19.2 Å². The van der Waals surface area contributed by atoms with Crippen LogP contribution < -0.4 is 5.32 Å². The number of nitrogens with one attached hydrogen (secondary N) is 1. The molecule has 5 heteroatoms. The monoisotopic (exact) mass is 300 g/mol. The van der Waals surface area contributed by atoms with Crippen LogP contribution in [0.25, 0.3) is 0 Å². The van der Waals surface area contributed by atoms with E-state index in [2.05, 4.69) is 10.3 Å². The zero-order chi connectivity index (χ0) is 16.1. The first kappa shape index (κ1) is 15.8. The summed E-state index contributed by atoms with van der Waals surface area (Å²) in [6.45, 7) is 3.60. The third-order valence-corrected chi connectivity index (χ3v) is 3.17. The molecular formula is C17H17FN2O2. The van der Waals surface area contributed by atoms with Gasteiger partial charge in [0.15, 0.2) is 5.78 Å². The van der Waals surface area contributed by atoms with E-state index in [-0.39, 0.29) is 30.0 Å². The molecule has 2 aromatic rings. The molecule has 2 rings (SSSR count). The molecule has 0 aliphatic rings. The van der Waals surface area contributed by atoms with Crippen LogP contribution >= 0.6 is 0 Å². The molecule has 0 saturated carbocycles. The summed E-state index contributed by atoms with van der Waals surface area (Å²) in [6, 6.07) is 6.78. The second-order valence-electron chi connectivity index (χ2n) is 5.26. The molecule has 0 radical (unpaired) electrons. The van der Waals surface area contributed by atoms with E-state index < -0.39 is 0 Å². The van der Waals surface area contributed by atoms with Gasteiger partial charge in [-0.15, -0.1) is 0 Å². The van der Waals surface area contributed by atoms with E-state index in [0.29, 0.717) is 11.1 Å². The SMILES string of the molecule is Cc1cncc(C(=O)NC(C)CC(=O)c2ccc(F)cc2)c1. The van der Waals surface area contributed by atoms with Crippen LogP contribution in [0.3, 0.4) is 0 Å². The fourth-order valence-corrected chi connectivity index (χ4v) is 2.07. The molecule has 1 N–H and O–H groups in total. The highest BCUT2D eigenvalue weighted by molar-refractivity contribution is 5.98. The summed E-state index contributed by atoms with van der Waals surface area (Å²) in [5.74, 6) is -0.796. The second-order valence-corrected chi connectivity index (χ2v) is 5.26. The molecule has 0 fully saturated rings. The highest BCUT2D eigenvalue weighted by Gasteiger charge is 2.15. The van der Waals surface area contributed by atoms with Crippen LogP contribution in [0.2, 0.25) is 0 Å².